The molecule has 0 aliphatic carbocycles. The van der Waals surface area contributed by atoms with Crippen molar-refractivity contribution in [1.82, 2.24) is 19.9 Å². The number of para-hydroxylation sites is 2. The lowest BCUT2D eigenvalue weighted by Crippen LogP contribution is -2.40. The van der Waals surface area contributed by atoms with Crippen LogP contribution in [-0.4, -0.2) is 52.1 Å². The molecule has 7 nitrogen and oxygen atoms in total. The summed E-state index contributed by atoms with van der Waals surface area (Å²) in [5.74, 6) is -0.00497. The summed E-state index contributed by atoms with van der Waals surface area (Å²) < 4.78 is 5.31. The highest BCUT2D eigenvalue weighted by molar-refractivity contribution is 5.99. The molecule has 28 heavy (non-hydrogen) atoms. The van der Waals surface area contributed by atoms with E-state index in [0.29, 0.717) is 48.8 Å². The van der Waals surface area contributed by atoms with Crippen LogP contribution >= 0.6 is 0 Å². The van der Waals surface area contributed by atoms with Gasteiger partial charge in [-0.1, -0.05) is 12.1 Å². The van der Waals surface area contributed by atoms with Crippen molar-refractivity contribution in [1.29, 1.82) is 0 Å². The Morgan fingerprint density at radius 2 is 1.82 bits per heavy atom. The second-order valence-corrected chi connectivity index (χ2v) is 6.82. The Bertz CT molecular complexity index is 1250. The van der Waals surface area contributed by atoms with E-state index in [4.69, 9.17) is 4.74 Å². The number of rotatable bonds is 2. The third kappa shape index (κ3) is 2.86. The van der Waals surface area contributed by atoms with E-state index in [2.05, 4.69) is 15.0 Å². The van der Waals surface area contributed by atoms with E-state index in [-0.39, 0.29) is 11.5 Å². The van der Waals surface area contributed by atoms with Crippen LogP contribution in [0.1, 0.15) is 10.4 Å². The van der Waals surface area contributed by atoms with Gasteiger partial charge in [-0.3, -0.25) is 9.59 Å². The molecule has 1 aliphatic rings. The van der Waals surface area contributed by atoms with Gasteiger partial charge in [-0.2, -0.15) is 0 Å². The molecule has 7 heteroatoms. The third-order valence-electron chi connectivity index (χ3n) is 5.02. The van der Waals surface area contributed by atoms with Gasteiger partial charge in [0.15, 0.2) is 5.69 Å². The standard InChI is InChI=1S/C21H18N4O3/c26-20-19(23-16-3-1-2-4-17(16)24-20)18-12-14-11-13(5-6-15(14)22-18)21(27)25-7-9-28-10-8-25/h1-6,11-12,22H,7-10H2,(H,24,26). The molecule has 1 saturated heterocycles. The molecule has 0 spiro atoms. The van der Waals surface area contributed by atoms with Gasteiger partial charge in [0.2, 0.25) is 0 Å². The second-order valence-electron chi connectivity index (χ2n) is 6.82. The summed E-state index contributed by atoms with van der Waals surface area (Å²) in [5.41, 5.74) is 3.59. The first-order valence-electron chi connectivity index (χ1n) is 9.18. The molecule has 0 bridgehead atoms. The van der Waals surface area contributed by atoms with E-state index >= 15 is 0 Å². The second kappa shape index (κ2) is 6.61. The number of ether oxygens (including phenoxy) is 1. The SMILES string of the molecule is O=C(c1ccc2[nH]c(-c3nc4ccccc4[nH]c3=O)cc2c1)N1CCOCC1. The zero-order valence-corrected chi connectivity index (χ0v) is 15.1. The van der Waals surface area contributed by atoms with Crippen LogP contribution in [0.25, 0.3) is 33.3 Å². The van der Waals surface area contributed by atoms with Crippen molar-refractivity contribution in [3.8, 4) is 11.4 Å². The van der Waals surface area contributed by atoms with Crippen molar-refractivity contribution < 1.29 is 9.53 Å². The molecular weight excluding hydrogens is 356 g/mol. The summed E-state index contributed by atoms with van der Waals surface area (Å²) in [7, 11) is 0. The van der Waals surface area contributed by atoms with Crippen LogP contribution in [0.2, 0.25) is 0 Å². The number of hydrogen-bond acceptors (Lipinski definition) is 4. The topological polar surface area (TPSA) is 91.1 Å². The van der Waals surface area contributed by atoms with Gasteiger partial charge in [-0.15, -0.1) is 0 Å². The largest absolute Gasteiger partial charge is 0.378 e. The zero-order chi connectivity index (χ0) is 19.1. The number of aromatic nitrogens is 3. The average Bonchev–Trinajstić information content (AvgIpc) is 3.16. The maximum Gasteiger partial charge on any atom is 0.276 e. The number of H-pyrrole nitrogens is 2. The predicted molar refractivity (Wildman–Crippen MR) is 106 cm³/mol. The average molecular weight is 374 g/mol. The van der Waals surface area contributed by atoms with Gasteiger partial charge in [0.1, 0.15) is 0 Å². The summed E-state index contributed by atoms with van der Waals surface area (Å²) >= 11 is 0. The number of nitrogens with zero attached hydrogens (tertiary/aromatic N) is 2. The quantitative estimate of drug-likeness (QED) is 0.564. The van der Waals surface area contributed by atoms with E-state index in [1.165, 1.54) is 0 Å². The van der Waals surface area contributed by atoms with Crippen molar-refractivity contribution in [3.63, 3.8) is 0 Å². The van der Waals surface area contributed by atoms with Crippen molar-refractivity contribution >= 4 is 27.8 Å². The van der Waals surface area contributed by atoms with Crippen molar-refractivity contribution in [3.05, 3.63) is 64.4 Å². The van der Waals surface area contributed by atoms with Gasteiger partial charge >= 0.3 is 0 Å². The van der Waals surface area contributed by atoms with Crippen LogP contribution in [0.15, 0.2) is 53.3 Å². The predicted octanol–water partition coefficient (Wildman–Crippen LogP) is 2.54. The van der Waals surface area contributed by atoms with Gasteiger partial charge < -0.3 is 19.6 Å². The lowest BCUT2D eigenvalue weighted by Gasteiger charge is -2.26. The molecule has 140 valence electrons. The molecule has 0 atom stereocenters. The van der Waals surface area contributed by atoms with E-state index < -0.39 is 0 Å². The number of carbonyl (C=O) groups is 1. The minimum absolute atomic E-state index is 0.00497. The van der Waals surface area contributed by atoms with Crippen molar-refractivity contribution in [2.45, 2.75) is 0 Å². The van der Waals surface area contributed by atoms with Crippen molar-refractivity contribution in [2.75, 3.05) is 26.3 Å². The molecule has 1 fully saturated rings. The van der Waals surface area contributed by atoms with E-state index in [0.717, 1.165) is 16.4 Å². The van der Waals surface area contributed by atoms with Gasteiger partial charge in [0.05, 0.1) is 29.9 Å². The molecule has 2 aromatic carbocycles. The van der Waals surface area contributed by atoms with Crippen LogP contribution in [0, 0.1) is 0 Å². The molecule has 1 amide bonds. The number of amides is 1. The van der Waals surface area contributed by atoms with Crippen LogP contribution in [0.4, 0.5) is 0 Å². The lowest BCUT2D eigenvalue weighted by molar-refractivity contribution is 0.0303. The highest BCUT2D eigenvalue weighted by atomic mass is 16.5. The molecule has 3 heterocycles. The van der Waals surface area contributed by atoms with Gasteiger partial charge in [-0.05, 0) is 36.4 Å². The Kier molecular flexibility index (Phi) is 3.95. The third-order valence-corrected chi connectivity index (χ3v) is 5.02. The Morgan fingerprint density at radius 1 is 1.00 bits per heavy atom. The smallest absolute Gasteiger partial charge is 0.276 e. The molecule has 2 aromatic heterocycles. The van der Waals surface area contributed by atoms with E-state index in [1.54, 1.807) is 11.0 Å². The fourth-order valence-electron chi connectivity index (χ4n) is 3.55. The van der Waals surface area contributed by atoms with Crippen LogP contribution in [-0.2, 0) is 4.74 Å². The Morgan fingerprint density at radius 3 is 2.68 bits per heavy atom. The summed E-state index contributed by atoms with van der Waals surface area (Å²) in [4.78, 5) is 37.6. The van der Waals surface area contributed by atoms with Crippen molar-refractivity contribution in [2.24, 2.45) is 0 Å². The molecule has 0 saturated carbocycles. The maximum atomic E-state index is 12.7. The minimum Gasteiger partial charge on any atom is -0.378 e. The van der Waals surface area contributed by atoms with Gasteiger partial charge in [0, 0.05) is 29.6 Å². The monoisotopic (exact) mass is 374 g/mol. The van der Waals surface area contributed by atoms with Gasteiger partial charge in [-0.25, -0.2) is 4.98 Å². The Hall–Kier alpha value is -3.45. The highest BCUT2D eigenvalue weighted by Gasteiger charge is 2.19. The molecule has 2 N–H and O–H groups in total. The first kappa shape index (κ1) is 16.7. The first-order chi connectivity index (χ1) is 13.7. The first-order valence-corrected chi connectivity index (χ1v) is 9.18. The Balaban J connectivity index is 1.54. The fraction of sp³-hybridized carbons (Fsp3) is 0.190. The number of benzene rings is 2. The lowest BCUT2D eigenvalue weighted by atomic mass is 10.1. The van der Waals surface area contributed by atoms with Crippen LogP contribution in [0.3, 0.4) is 0 Å². The maximum absolute atomic E-state index is 12.7. The number of fused-ring (bicyclic) bond motifs is 2. The zero-order valence-electron chi connectivity index (χ0n) is 15.1. The normalized spacial score (nSPS) is 14.6. The number of nitrogens with one attached hydrogen (secondary N) is 2. The molecule has 1 aliphatic heterocycles. The van der Waals surface area contributed by atoms with Crippen LogP contribution < -0.4 is 5.56 Å². The molecule has 0 unspecified atom stereocenters. The van der Waals surface area contributed by atoms with Crippen LogP contribution in [0.5, 0.6) is 0 Å². The Labute approximate surface area is 160 Å². The molecule has 5 rings (SSSR count). The summed E-state index contributed by atoms with van der Waals surface area (Å²) in [6, 6.07) is 14.8. The van der Waals surface area contributed by atoms with E-state index in [1.807, 2.05) is 42.5 Å². The summed E-state index contributed by atoms with van der Waals surface area (Å²) in [6.45, 7) is 2.34. The molecule has 0 radical (unpaired) electrons. The van der Waals surface area contributed by atoms with E-state index in [9.17, 15) is 9.59 Å². The fourth-order valence-corrected chi connectivity index (χ4v) is 3.55. The number of aromatic amines is 2. The molecule has 4 aromatic rings. The highest BCUT2D eigenvalue weighted by Crippen LogP contribution is 2.23. The number of hydrogen-bond donors (Lipinski definition) is 2. The summed E-state index contributed by atoms with van der Waals surface area (Å²) in [6.07, 6.45) is 0. The minimum atomic E-state index is -0.255. The van der Waals surface area contributed by atoms with Gasteiger partial charge in [0.25, 0.3) is 11.5 Å². The molecular formula is C21H18N4O3. The number of carbonyl (C=O) groups excluding carboxylic acids is 1. The number of morpholine rings is 1. The summed E-state index contributed by atoms with van der Waals surface area (Å²) in [5, 5.41) is 0.864.